The minimum atomic E-state index is -4.42. The summed E-state index contributed by atoms with van der Waals surface area (Å²) in [5.41, 5.74) is -0.714. The Kier molecular flexibility index (Phi) is 5.23. The number of nitrogens with one attached hydrogen (secondary N) is 2. The van der Waals surface area contributed by atoms with Gasteiger partial charge in [0.15, 0.2) is 5.65 Å². The molecule has 0 radical (unpaired) electrons. The number of nitrogens with zero attached hydrogens (tertiary/aromatic N) is 4. The lowest BCUT2D eigenvalue weighted by Gasteiger charge is -2.08. The summed E-state index contributed by atoms with van der Waals surface area (Å²) in [6, 6.07) is 4.99. The first-order valence-electron chi connectivity index (χ1n) is 9.17. The van der Waals surface area contributed by atoms with Gasteiger partial charge in [-0.2, -0.15) is 18.3 Å². The van der Waals surface area contributed by atoms with E-state index < -0.39 is 23.0 Å². The van der Waals surface area contributed by atoms with Crippen LogP contribution >= 0.6 is 0 Å². The summed E-state index contributed by atoms with van der Waals surface area (Å²) in [6.45, 7) is 0.395. The summed E-state index contributed by atoms with van der Waals surface area (Å²) in [5.74, 6) is 0.294. The third-order valence-electron chi connectivity index (χ3n) is 4.66. The molecule has 1 aromatic carbocycles. The zero-order valence-corrected chi connectivity index (χ0v) is 16.2. The first-order valence-corrected chi connectivity index (χ1v) is 9.17. The number of hydrogen-bond acceptors (Lipinski definition) is 5. The Morgan fingerprint density at radius 2 is 2.00 bits per heavy atom. The van der Waals surface area contributed by atoms with Crippen molar-refractivity contribution in [3.63, 3.8) is 0 Å². The quantitative estimate of drug-likeness (QED) is 0.482. The Labute approximate surface area is 172 Å². The van der Waals surface area contributed by atoms with Gasteiger partial charge in [0.25, 0.3) is 5.56 Å². The van der Waals surface area contributed by atoms with E-state index in [0.29, 0.717) is 17.0 Å². The predicted molar refractivity (Wildman–Crippen MR) is 105 cm³/mol. The molecular formula is C19H17F3N6O3. The van der Waals surface area contributed by atoms with Gasteiger partial charge in [-0.3, -0.25) is 19.0 Å². The van der Waals surface area contributed by atoms with E-state index in [1.54, 1.807) is 12.3 Å². The molecule has 0 spiro atoms. The summed E-state index contributed by atoms with van der Waals surface area (Å²) in [6.07, 6.45) is -1.38. The number of fused-ring (bicyclic) bond motifs is 1. The first kappa shape index (κ1) is 20.6. The summed E-state index contributed by atoms with van der Waals surface area (Å²) in [5, 5.41) is 4.15. The number of aromatic amines is 2. The van der Waals surface area contributed by atoms with Crippen molar-refractivity contribution in [3.05, 3.63) is 68.6 Å². The van der Waals surface area contributed by atoms with Crippen LogP contribution < -0.4 is 11.2 Å². The van der Waals surface area contributed by atoms with Gasteiger partial charge in [0.2, 0.25) is 0 Å². The number of H-pyrrole nitrogens is 2. The average molecular weight is 434 g/mol. The normalized spacial score (nSPS) is 12.0. The van der Waals surface area contributed by atoms with Crippen molar-refractivity contribution in [3.8, 4) is 11.4 Å². The van der Waals surface area contributed by atoms with Gasteiger partial charge in [-0.05, 0) is 17.7 Å². The van der Waals surface area contributed by atoms with Crippen LogP contribution in [0.15, 0.2) is 46.2 Å². The highest BCUT2D eigenvalue weighted by Crippen LogP contribution is 2.29. The molecular weight excluding hydrogens is 417 g/mol. The van der Waals surface area contributed by atoms with Gasteiger partial charge in [-0.1, -0.05) is 12.1 Å². The number of aromatic nitrogens is 6. The SMILES string of the molecule is COCCn1c(=O)[nH]c2nc(-c3cnn(Cc4cccc(C(F)(F)F)c4)c3)[nH]c2c1=O. The van der Waals surface area contributed by atoms with E-state index in [0.717, 1.165) is 16.7 Å². The molecule has 0 fully saturated rings. The van der Waals surface area contributed by atoms with Crippen molar-refractivity contribution in [2.24, 2.45) is 0 Å². The predicted octanol–water partition coefficient (Wildman–Crippen LogP) is 1.99. The number of halogens is 3. The van der Waals surface area contributed by atoms with Gasteiger partial charge in [-0.25, -0.2) is 9.78 Å². The van der Waals surface area contributed by atoms with E-state index in [9.17, 15) is 22.8 Å². The Balaban J connectivity index is 1.63. The van der Waals surface area contributed by atoms with E-state index in [1.165, 1.54) is 24.1 Å². The summed E-state index contributed by atoms with van der Waals surface area (Å²) in [4.78, 5) is 34.3. The third-order valence-corrected chi connectivity index (χ3v) is 4.66. The Morgan fingerprint density at radius 3 is 2.74 bits per heavy atom. The van der Waals surface area contributed by atoms with E-state index in [-0.39, 0.29) is 30.9 Å². The van der Waals surface area contributed by atoms with Crippen molar-refractivity contribution in [2.45, 2.75) is 19.3 Å². The fourth-order valence-electron chi connectivity index (χ4n) is 3.14. The molecule has 0 aliphatic rings. The molecule has 3 aromatic heterocycles. The second-order valence-corrected chi connectivity index (χ2v) is 6.81. The molecule has 0 aliphatic carbocycles. The molecule has 0 bridgehead atoms. The van der Waals surface area contributed by atoms with Crippen LogP contribution in [-0.4, -0.2) is 43.0 Å². The molecule has 12 heteroatoms. The standard InChI is InChI=1S/C19H17F3N6O3/c1-31-6-5-28-17(29)14-16(26-18(28)30)25-15(24-14)12-8-23-27(10-12)9-11-3-2-4-13(7-11)19(20,21)22/h2-4,7-8,10H,5-6,9H2,1H3,(H,24,25)(H,26,30). The number of methoxy groups -OCH3 is 1. The molecule has 0 saturated carbocycles. The van der Waals surface area contributed by atoms with Crippen LogP contribution in [0.5, 0.6) is 0 Å². The lowest BCUT2D eigenvalue weighted by atomic mass is 10.1. The highest BCUT2D eigenvalue weighted by molar-refractivity contribution is 5.74. The van der Waals surface area contributed by atoms with E-state index >= 15 is 0 Å². The average Bonchev–Trinajstić information content (AvgIpc) is 3.34. The molecule has 0 aliphatic heterocycles. The van der Waals surface area contributed by atoms with Crippen molar-refractivity contribution in [2.75, 3.05) is 13.7 Å². The number of rotatable bonds is 6. The van der Waals surface area contributed by atoms with Crippen molar-refractivity contribution in [1.29, 1.82) is 0 Å². The maximum absolute atomic E-state index is 12.9. The fraction of sp³-hybridized carbons (Fsp3) is 0.263. The summed E-state index contributed by atoms with van der Waals surface area (Å²) in [7, 11) is 1.46. The summed E-state index contributed by atoms with van der Waals surface area (Å²) >= 11 is 0. The van der Waals surface area contributed by atoms with Gasteiger partial charge in [0.05, 0.1) is 37.0 Å². The summed E-state index contributed by atoms with van der Waals surface area (Å²) < 4.78 is 46.1. The monoisotopic (exact) mass is 434 g/mol. The molecule has 0 saturated heterocycles. The van der Waals surface area contributed by atoms with Crippen LogP contribution in [0.25, 0.3) is 22.6 Å². The minimum absolute atomic E-state index is 0.0872. The van der Waals surface area contributed by atoms with Gasteiger partial charge in [-0.15, -0.1) is 0 Å². The fourth-order valence-corrected chi connectivity index (χ4v) is 3.14. The van der Waals surface area contributed by atoms with Crippen molar-refractivity contribution >= 4 is 11.2 Å². The molecule has 3 heterocycles. The molecule has 2 N–H and O–H groups in total. The van der Waals surface area contributed by atoms with Gasteiger partial charge >= 0.3 is 11.9 Å². The minimum Gasteiger partial charge on any atom is -0.383 e. The topological polar surface area (TPSA) is 111 Å². The van der Waals surface area contributed by atoms with E-state index in [2.05, 4.69) is 20.1 Å². The third kappa shape index (κ3) is 4.14. The second kappa shape index (κ2) is 7.87. The number of alkyl halides is 3. The number of imidazole rings is 1. The molecule has 0 amide bonds. The largest absolute Gasteiger partial charge is 0.416 e. The number of ether oxygens (including phenoxy) is 1. The van der Waals surface area contributed by atoms with Crippen LogP contribution in [0.2, 0.25) is 0 Å². The van der Waals surface area contributed by atoms with Gasteiger partial charge < -0.3 is 9.72 Å². The molecule has 0 atom stereocenters. The second-order valence-electron chi connectivity index (χ2n) is 6.81. The van der Waals surface area contributed by atoms with Crippen LogP contribution in [0.1, 0.15) is 11.1 Å². The first-order chi connectivity index (χ1) is 14.8. The highest BCUT2D eigenvalue weighted by Gasteiger charge is 2.30. The van der Waals surface area contributed by atoms with E-state index in [4.69, 9.17) is 4.74 Å². The van der Waals surface area contributed by atoms with Crippen LogP contribution in [0.4, 0.5) is 13.2 Å². The molecule has 0 unspecified atom stereocenters. The molecule has 9 nitrogen and oxygen atoms in total. The molecule has 4 aromatic rings. The van der Waals surface area contributed by atoms with E-state index in [1.807, 2.05) is 0 Å². The van der Waals surface area contributed by atoms with Crippen molar-refractivity contribution < 1.29 is 17.9 Å². The molecule has 31 heavy (non-hydrogen) atoms. The zero-order chi connectivity index (χ0) is 22.2. The Bertz CT molecular complexity index is 1350. The van der Waals surface area contributed by atoms with Crippen molar-refractivity contribution in [1.82, 2.24) is 29.3 Å². The molecule has 4 rings (SSSR count). The maximum Gasteiger partial charge on any atom is 0.416 e. The highest BCUT2D eigenvalue weighted by atomic mass is 19.4. The number of benzene rings is 1. The smallest absolute Gasteiger partial charge is 0.383 e. The maximum atomic E-state index is 12.9. The van der Waals surface area contributed by atoms with Crippen LogP contribution in [0, 0.1) is 0 Å². The van der Waals surface area contributed by atoms with Crippen LogP contribution in [0.3, 0.4) is 0 Å². The number of hydrogen-bond donors (Lipinski definition) is 2. The zero-order valence-electron chi connectivity index (χ0n) is 16.2. The molecule has 162 valence electrons. The van der Waals surface area contributed by atoms with Gasteiger partial charge in [0, 0.05) is 13.3 Å². The Hall–Kier alpha value is -3.67. The lowest BCUT2D eigenvalue weighted by Crippen LogP contribution is -2.36. The van der Waals surface area contributed by atoms with Crippen LogP contribution in [-0.2, 0) is 24.0 Å². The van der Waals surface area contributed by atoms with Gasteiger partial charge in [0.1, 0.15) is 11.3 Å². The Morgan fingerprint density at radius 1 is 1.19 bits per heavy atom. The lowest BCUT2D eigenvalue weighted by molar-refractivity contribution is -0.137.